The summed E-state index contributed by atoms with van der Waals surface area (Å²) in [4.78, 5) is 2.64. The third kappa shape index (κ3) is 5.44. The molecule has 1 aliphatic heterocycles. The van der Waals surface area contributed by atoms with Gasteiger partial charge in [0, 0.05) is 19.1 Å². The van der Waals surface area contributed by atoms with E-state index in [4.69, 9.17) is 9.47 Å². The van der Waals surface area contributed by atoms with E-state index in [1.54, 1.807) is 0 Å². The van der Waals surface area contributed by atoms with E-state index in [9.17, 15) is 0 Å². The molecule has 1 saturated carbocycles. The highest BCUT2D eigenvalue weighted by molar-refractivity contribution is 5.15. The number of rotatable bonds is 8. The minimum absolute atomic E-state index is 0.354. The second-order valence-electron chi connectivity index (χ2n) is 8.20. The summed E-state index contributed by atoms with van der Waals surface area (Å²) < 4.78 is 12.6. The van der Waals surface area contributed by atoms with Crippen molar-refractivity contribution < 1.29 is 9.47 Å². The van der Waals surface area contributed by atoms with Crippen LogP contribution >= 0.6 is 0 Å². The van der Waals surface area contributed by atoms with Crippen LogP contribution in [0.5, 0.6) is 0 Å². The highest BCUT2D eigenvalue weighted by atomic mass is 16.5. The van der Waals surface area contributed by atoms with Crippen molar-refractivity contribution in [1.82, 2.24) is 4.90 Å². The third-order valence-corrected chi connectivity index (χ3v) is 6.21. The SMILES string of the molecule is c1ccc(CCO[C@@H]2CCCC[C@H]2N2CC[C@@H](OCc3ccccc3)C2)cc1. The fraction of sp³-hybridized carbons (Fsp3) is 0.520. The van der Waals surface area contributed by atoms with Gasteiger partial charge in [0.25, 0.3) is 0 Å². The Balaban J connectivity index is 1.24. The van der Waals surface area contributed by atoms with Crippen LogP contribution in [0.2, 0.25) is 0 Å². The van der Waals surface area contributed by atoms with Gasteiger partial charge in [-0.1, -0.05) is 73.5 Å². The van der Waals surface area contributed by atoms with E-state index < -0.39 is 0 Å². The molecule has 0 spiro atoms. The van der Waals surface area contributed by atoms with Gasteiger partial charge in [0.15, 0.2) is 0 Å². The van der Waals surface area contributed by atoms with Crippen molar-refractivity contribution in [2.75, 3.05) is 19.7 Å². The molecule has 0 unspecified atom stereocenters. The molecule has 0 aromatic heterocycles. The summed E-state index contributed by atoms with van der Waals surface area (Å²) in [5.74, 6) is 0. The van der Waals surface area contributed by atoms with Gasteiger partial charge in [-0.3, -0.25) is 4.90 Å². The van der Waals surface area contributed by atoms with Crippen molar-refractivity contribution in [1.29, 1.82) is 0 Å². The van der Waals surface area contributed by atoms with E-state index in [0.717, 1.165) is 39.1 Å². The van der Waals surface area contributed by atoms with Crippen LogP contribution < -0.4 is 0 Å². The van der Waals surface area contributed by atoms with Gasteiger partial charge in [0.2, 0.25) is 0 Å². The smallest absolute Gasteiger partial charge is 0.0730 e. The molecule has 3 heteroatoms. The van der Waals surface area contributed by atoms with Crippen LogP contribution in [0.25, 0.3) is 0 Å². The molecule has 28 heavy (non-hydrogen) atoms. The van der Waals surface area contributed by atoms with Gasteiger partial charge in [-0.15, -0.1) is 0 Å². The Morgan fingerprint density at radius 3 is 2.29 bits per heavy atom. The number of likely N-dealkylation sites (tertiary alicyclic amines) is 1. The third-order valence-electron chi connectivity index (χ3n) is 6.21. The van der Waals surface area contributed by atoms with Crippen molar-refractivity contribution in [3.05, 3.63) is 71.8 Å². The second kappa shape index (κ2) is 10.2. The molecule has 1 heterocycles. The summed E-state index contributed by atoms with van der Waals surface area (Å²) in [7, 11) is 0. The molecule has 2 fully saturated rings. The summed E-state index contributed by atoms with van der Waals surface area (Å²) in [6, 6.07) is 21.8. The van der Waals surface area contributed by atoms with Crippen molar-refractivity contribution in [3.8, 4) is 0 Å². The highest BCUT2D eigenvalue weighted by Crippen LogP contribution is 2.29. The average molecular weight is 380 g/mol. The van der Waals surface area contributed by atoms with Crippen LogP contribution in [-0.4, -0.2) is 42.8 Å². The van der Waals surface area contributed by atoms with Crippen LogP contribution in [0, 0.1) is 0 Å². The van der Waals surface area contributed by atoms with Gasteiger partial charge >= 0.3 is 0 Å². The maximum atomic E-state index is 6.39. The largest absolute Gasteiger partial charge is 0.376 e. The van der Waals surface area contributed by atoms with E-state index >= 15 is 0 Å². The Kier molecular flexibility index (Phi) is 7.15. The Morgan fingerprint density at radius 2 is 1.50 bits per heavy atom. The van der Waals surface area contributed by atoms with Crippen LogP contribution in [0.15, 0.2) is 60.7 Å². The first-order valence-corrected chi connectivity index (χ1v) is 10.9. The molecule has 0 radical (unpaired) electrons. The summed E-state index contributed by atoms with van der Waals surface area (Å²) in [5, 5.41) is 0. The van der Waals surface area contributed by atoms with Crippen molar-refractivity contribution >= 4 is 0 Å². The molecule has 1 aliphatic carbocycles. The van der Waals surface area contributed by atoms with Gasteiger partial charge in [-0.05, 0) is 36.8 Å². The summed E-state index contributed by atoms with van der Waals surface area (Å²) >= 11 is 0. The number of hydrogen-bond donors (Lipinski definition) is 0. The van der Waals surface area contributed by atoms with Gasteiger partial charge < -0.3 is 9.47 Å². The molecule has 0 N–H and O–H groups in total. The standard InChI is InChI=1S/C25H33NO2/c1-3-9-21(10-4-1)16-18-27-25-14-8-7-13-24(25)26-17-15-23(19-26)28-20-22-11-5-2-6-12-22/h1-6,9-12,23-25H,7-8,13-20H2/t23-,24-,25-/m1/s1. The predicted molar refractivity (Wildman–Crippen MR) is 113 cm³/mol. The second-order valence-corrected chi connectivity index (χ2v) is 8.20. The molecule has 2 aromatic carbocycles. The van der Waals surface area contributed by atoms with Crippen LogP contribution in [-0.2, 0) is 22.5 Å². The molecule has 150 valence electrons. The molecule has 1 saturated heterocycles. The molecular formula is C25H33NO2. The Bertz CT molecular complexity index is 690. The number of nitrogens with zero attached hydrogens (tertiary/aromatic N) is 1. The van der Waals surface area contributed by atoms with Gasteiger partial charge in [-0.25, -0.2) is 0 Å². The Hall–Kier alpha value is -1.68. The van der Waals surface area contributed by atoms with Crippen molar-refractivity contribution in [2.45, 2.75) is 63.4 Å². The van der Waals surface area contributed by atoms with E-state index in [2.05, 4.69) is 65.6 Å². The lowest BCUT2D eigenvalue weighted by Crippen LogP contribution is -2.46. The van der Waals surface area contributed by atoms with Crippen LogP contribution in [0.3, 0.4) is 0 Å². The van der Waals surface area contributed by atoms with E-state index in [0.29, 0.717) is 18.2 Å². The highest BCUT2D eigenvalue weighted by Gasteiger charge is 2.35. The fourth-order valence-electron chi connectivity index (χ4n) is 4.64. The molecule has 4 rings (SSSR count). The topological polar surface area (TPSA) is 21.7 Å². The van der Waals surface area contributed by atoms with Crippen molar-refractivity contribution in [3.63, 3.8) is 0 Å². The Morgan fingerprint density at radius 1 is 0.786 bits per heavy atom. The van der Waals surface area contributed by atoms with Gasteiger partial charge in [-0.2, -0.15) is 0 Å². The normalized spacial score (nSPS) is 25.8. The molecular weight excluding hydrogens is 346 g/mol. The number of benzene rings is 2. The molecule has 3 nitrogen and oxygen atoms in total. The van der Waals surface area contributed by atoms with Crippen LogP contribution in [0.4, 0.5) is 0 Å². The molecule has 2 aliphatic rings. The van der Waals surface area contributed by atoms with E-state index in [-0.39, 0.29) is 0 Å². The van der Waals surface area contributed by atoms with Crippen molar-refractivity contribution in [2.24, 2.45) is 0 Å². The summed E-state index contributed by atoms with van der Waals surface area (Å²) in [6.45, 7) is 3.74. The Labute approximate surface area is 169 Å². The fourth-order valence-corrected chi connectivity index (χ4v) is 4.64. The molecule has 3 atom stereocenters. The lowest BCUT2D eigenvalue weighted by molar-refractivity contribution is -0.0352. The number of ether oxygens (including phenoxy) is 2. The molecule has 0 amide bonds. The lowest BCUT2D eigenvalue weighted by atomic mass is 9.91. The van der Waals surface area contributed by atoms with Gasteiger partial charge in [0.1, 0.15) is 0 Å². The summed E-state index contributed by atoms with van der Waals surface area (Å²) in [6.07, 6.45) is 7.97. The zero-order valence-corrected chi connectivity index (χ0v) is 16.8. The predicted octanol–water partition coefficient (Wildman–Crippen LogP) is 4.85. The molecule has 0 bridgehead atoms. The maximum absolute atomic E-state index is 6.39. The zero-order valence-electron chi connectivity index (χ0n) is 16.8. The average Bonchev–Trinajstić information content (AvgIpc) is 3.23. The first-order valence-electron chi connectivity index (χ1n) is 10.9. The molecule has 2 aromatic rings. The monoisotopic (exact) mass is 379 g/mol. The lowest BCUT2D eigenvalue weighted by Gasteiger charge is -2.37. The van der Waals surface area contributed by atoms with Crippen LogP contribution in [0.1, 0.15) is 43.2 Å². The maximum Gasteiger partial charge on any atom is 0.0730 e. The van der Waals surface area contributed by atoms with E-state index in [1.165, 1.54) is 36.8 Å². The summed E-state index contributed by atoms with van der Waals surface area (Å²) in [5.41, 5.74) is 2.63. The quantitative estimate of drug-likeness (QED) is 0.654. The number of hydrogen-bond acceptors (Lipinski definition) is 3. The minimum Gasteiger partial charge on any atom is -0.376 e. The van der Waals surface area contributed by atoms with E-state index in [1.807, 2.05) is 0 Å². The first kappa shape index (κ1) is 19.6. The zero-order chi connectivity index (χ0) is 19.0. The first-order chi connectivity index (χ1) is 13.9. The minimum atomic E-state index is 0.354. The van der Waals surface area contributed by atoms with Gasteiger partial charge in [0.05, 0.1) is 25.4 Å².